The first-order valence-corrected chi connectivity index (χ1v) is 5.88. The first-order chi connectivity index (χ1) is 8.25. The molecule has 0 bridgehead atoms. The van der Waals surface area contributed by atoms with Gasteiger partial charge in [0.1, 0.15) is 0 Å². The van der Waals surface area contributed by atoms with E-state index in [0.717, 1.165) is 24.9 Å². The van der Waals surface area contributed by atoms with Crippen LogP contribution in [0, 0.1) is 0 Å². The maximum absolute atomic E-state index is 11.9. The lowest BCUT2D eigenvalue weighted by atomic mass is 10.1. The van der Waals surface area contributed by atoms with Gasteiger partial charge in [-0.05, 0) is 30.5 Å². The highest BCUT2D eigenvalue weighted by Crippen LogP contribution is 2.09. The second kappa shape index (κ2) is 5.59. The zero-order chi connectivity index (χ0) is 12.1. The molecule has 1 aromatic rings. The summed E-state index contributed by atoms with van der Waals surface area (Å²) in [5.74, 6) is 0.0315. The molecule has 17 heavy (non-hydrogen) atoms. The van der Waals surface area contributed by atoms with Crippen LogP contribution in [0.25, 0.3) is 6.08 Å². The topological polar surface area (TPSA) is 59.2 Å². The molecule has 1 atom stereocenters. The van der Waals surface area contributed by atoms with Crippen molar-refractivity contribution >= 4 is 12.0 Å². The largest absolute Gasteiger partial charge is 0.338 e. The monoisotopic (exact) mass is 231 g/mol. The minimum Gasteiger partial charge on any atom is -0.338 e. The van der Waals surface area contributed by atoms with Crippen LogP contribution in [0.4, 0.5) is 0 Å². The third kappa shape index (κ3) is 3.39. The number of pyridine rings is 1. The Morgan fingerprint density at radius 2 is 2.47 bits per heavy atom. The molecule has 0 aliphatic carbocycles. The average molecular weight is 231 g/mol. The molecule has 1 aliphatic rings. The lowest BCUT2D eigenvalue weighted by molar-refractivity contribution is -0.127. The lowest BCUT2D eigenvalue weighted by Gasteiger charge is -2.29. The van der Waals surface area contributed by atoms with Crippen LogP contribution in [-0.4, -0.2) is 34.9 Å². The van der Waals surface area contributed by atoms with Gasteiger partial charge < -0.3 is 10.6 Å². The molecule has 1 aliphatic heterocycles. The summed E-state index contributed by atoms with van der Waals surface area (Å²) in [6.07, 6.45) is 8.82. The highest BCUT2D eigenvalue weighted by Gasteiger charge is 2.19. The second-order valence-electron chi connectivity index (χ2n) is 4.31. The van der Waals surface area contributed by atoms with Crippen molar-refractivity contribution in [3.63, 3.8) is 0 Å². The zero-order valence-electron chi connectivity index (χ0n) is 9.75. The van der Waals surface area contributed by atoms with Crippen LogP contribution in [0.3, 0.4) is 0 Å². The highest BCUT2D eigenvalue weighted by molar-refractivity contribution is 5.91. The first-order valence-electron chi connectivity index (χ1n) is 5.88. The fourth-order valence-electron chi connectivity index (χ4n) is 1.96. The van der Waals surface area contributed by atoms with Crippen molar-refractivity contribution in [1.82, 2.24) is 9.88 Å². The predicted molar refractivity (Wildman–Crippen MR) is 67.1 cm³/mol. The van der Waals surface area contributed by atoms with E-state index in [4.69, 9.17) is 5.73 Å². The fraction of sp³-hybridized carbons (Fsp3) is 0.385. The number of nitrogens with zero attached hydrogens (tertiary/aromatic N) is 2. The molecule has 90 valence electrons. The number of carbonyl (C=O) groups is 1. The van der Waals surface area contributed by atoms with Gasteiger partial charge in [0.2, 0.25) is 5.91 Å². The number of rotatable bonds is 2. The molecule has 0 spiro atoms. The number of hydrogen-bond acceptors (Lipinski definition) is 3. The van der Waals surface area contributed by atoms with E-state index in [1.165, 1.54) is 0 Å². The second-order valence-corrected chi connectivity index (χ2v) is 4.31. The maximum Gasteiger partial charge on any atom is 0.246 e. The zero-order valence-corrected chi connectivity index (χ0v) is 9.75. The number of hydrogen-bond donors (Lipinski definition) is 1. The minimum atomic E-state index is 0.0315. The van der Waals surface area contributed by atoms with Crippen molar-refractivity contribution in [2.45, 2.75) is 18.9 Å². The van der Waals surface area contributed by atoms with Gasteiger partial charge in [-0.1, -0.05) is 6.07 Å². The van der Waals surface area contributed by atoms with Gasteiger partial charge >= 0.3 is 0 Å². The smallest absolute Gasteiger partial charge is 0.246 e. The van der Waals surface area contributed by atoms with Gasteiger partial charge in [-0.25, -0.2) is 0 Å². The summed E-state index contributed by atoms with van der Waals surface area (Å²) in [5, 5.41) is 0. The van der Waals surface area contributed by atoms with Crippen LogP contribution in [0.5, 0.6) is 0 Å². The highest BCUT2D eigenvalue weighted by atomic mass is 16.2. The number of likely N-dealkylation sites (tertiary alicyclic amines) is 1. The van der Waals surface area contributed by atoms with Crippen molar-refractivity contribution in [2.24, 2.45) is 5.73 Å². The molecule has 4 nitrogen and oxygen atoms in total. The van der Waals surface area contributed by atoms with Gasteiger partial charge in [0.25, 0.3) is 0 Å². The van der Waals surface area contributed by atoms with Crippen LogP contribution >= 0.6 is 0 Å². The van der Waals surface area contributed by atoms with E-state index >= 15 is 0 Å². The molecule has 1 fully saturated rings. The summed E-state index contributed by atoms with van der Waals surface area (Å²) >= 11 is 0. The van der Waals surface area contributed by atoms with Crippen LogP contribution in [0.1, 0.15) is 18.4 Å². The molecule has 0 saturated carbocycles. The fourth-order valence-corrected chi connectivity index (χ4v) is 1.96. The first kappa shape index (κ1) is 11.8. The Kier molecular flexibility index (Phi) is 3.88. The maximum atomic E-state index is 11.9. The summed E-state index contributed by atoms with van der Waals surface area (Å²) < 4.78 is 0. The molecule has 4 heteroatoms. The normalized spacial score (nSPS) is 20.8. The summed E-state index contributed by atoms with van der Waals surface area (Å²) in [4.78, 5) is 17.7. The lowest BCUT2D eigenvalue weighted by Crippen LogP contribution is -2.45. The molecule has 0 unspecified atom stereocenters. The van der Waals surface area contributed by atoms with E-state index in [0.29, 0.717) is 6.54 Å². The standard InChI is InChI=1S/C13H17N3O/c14-12-4-2-8-16(10-12)13(17)6-5-11-3-1-7-15-9-11/h1,3,5-7,9,12H,2,4,8,10,14H2/b6-5+/t12-/m1/s1. The Morgan fingerprint density at radius 1 is 1.59 bits per heavy atom. The van der Waals surface area contributed by atoms with Crippen molar-refractivity contribution < 1.29 is 4.79 Å². The number of carbonyl (C=O) groups excluding carboxylic acids is 1. The summed E-state index contributed by atoms with van der Waals surface area (Å²) in [6.45, 7) is 1.47. The van der Waals surface area contributed by atoms with Crippen molar-refractivity contribution in [2.75, 3.05) is 13.1 Å². The van der Waals surface area contributed by atoms with Gasteiger partial charge in [0.15, 0.2) is 0 Å². The molecule has 1 amide bonds. The molecular formula is C13H17N3O. The van der Waals surface area contributed by atoms with Crippen LogP contribution in [0.2, 0.25) is 0 Å². The van der Waals surface area contributed by atoms with Crippen LogP contribution in [0.15, 0.2) is 30.6 Å². The Hall–Kier alpha value is -1.68. The molecular weight excluding hydrogens is 214 g/mol. The third-order valence-corrected chi connectivity index (χ3v) is 2.87. The van der Waals surface area contributed by atoms with Gasteiger partial charge in [-0.2, -0.15) is 0 Å². The van der Waals surface area contributed by atoms with Crippen LogP contribution in [-0.2, 0) is 4.79 Å². The van der Waals surface area contributed by atoms with Gasteiger partial charge in [0, 0.05) is 37.6 Å². The Morgan fingerprint density at radius 3 is 3.18 bits per heavy atom. The van der Waals surface area contributed by atoms with Crippen molar-refractivity contribution in [1.29, 1.82) is 0 Å². The molecule has 2 rings (SSSR count). The molecule has 1 saturated heterocycles. The van der Waals surface area contributed by atoms with Crippen molar-refractivity contribution in [3.8, 4) is 0 Å². The van der Waals surface area contributed by atoms with Crippen molar-refractivity contribution in [3.05, 3.63) is 36.2 Å². The van der Waals surface area contributed by atoms with Crippen LogP contribution < -0.4 is 5.73 Å². The number of amides is 1. The molecule has 2 N–H and O–H groups in total. The minimum absolute atomic E-state index is 0.0315. The van der Waals surface area contributed by atoms with E-state index in [2.05, 4.69) is 4.98 Å². The van der Waals surface area contributed by atoms with Gasteiger partial charge in [0.05, 0.1) is 0 Å². The van der Waals surface area contributed by atoms with Gasteiger partial charge in [-0.3, -0.25) is 9.78 Å². The summed E-state index contributed by atoms with van der Waals surface area (Å²) in [7, 11) is 0. The molecule has 2 heterocycles. The summed E-state index contributed by atoms with van der Waals surface area (Å²) in [6, 6.07) is 3.89. The number of nitrogens with two attached hydrogens (primary N) is 1. The Bertz CT molecular complexity index is 402. The Balaban J connectivity index is 1.94. The average Bonchev–Trinajstić information content (AvgIpc) is 2.37. The van der Waals surface area contributed by atoms with E-state index in [9.17, 15) is 4.79 Å². The third-order valence-electron chi connectivity index (χ3n) is 2.87. The number of aromatic nitrogens is 1. The predicted octanol–water partition coefficient (Wildman–Crippen LogP) is 1.04. The van der Waals surface area contributed by atoms with E-state index in [-0.39, 0.29) is 11.9 Å². The molecule has 0 radical (unpaired) electrons. The van der Waals surface area contributed by atoms with E-state index < -0.39 is 0 Å². The van der Waals surface area contributed by atoms with E-state index in [1.807, 2.05) is 12.1 Å². The SMILES string of the molecule is N[C@@H]1CCCN(C(=O)/C=C/c2cccnc2)C1. The summed E-state index contributed by atoms with van der Waals surface area (Å²) in [5.41, 5.74) is 6.77. The van der Waals surface area contributed by atoms with Gasteiger partial charge in [-0.15, -0.1) is 0 Å². The van der Waals surface area contributed by atoms with E-state index in [1.54, 1.807) is 29.4 Å². The quantitative estimate of drug-likeness (QED) is 0.774. The molecule has 0 aromatic carbocycles. The number of piperidine rings is 1. The molecule has 1 aromatic heterocycles. The Labute approximate surface area is 101 Å².